The second-order valence-corrected chi connectivity index (χ2v) is 4.42. The zero-order valence-corrected chi connectivity index (χ0v) is 11.1. The Bertz CT molecular complexity index is 689. The van der Waals surface area contributed by atoms with Crippen LogP contribution in [0.2, 0.25) is 0 Å². The fourth-order valence-corrected chi connectivity index (χ4v) is 1.94. The van der Waals surface area contributed by atoms with E-state index in [1.165, 1.54) is 13.2 Å². The van der Waals surface area contributed by atoms with Gasteiger partial charge in [0.15, 0.2) is 0 Å². The van der Waals surface area contributed by atoms with Crippen LogP contribution in [0.1, 0.15) is 21.6 Å². The van der Waals surface area contributed by atoms with Crippen molar-refractivity contribution >= 4 is 5.97 Å². The average Bonchev–Trinajstić information content (AvgIpc) is 2.78. The third-order valence-electron chi connectivity index (χ3n) is 2.99. The Balaban J connectivity index is 2.44. The van der Waals surface area contributed by atoms with Gasteiger partial charge in [0.1, 0.15) is 11.5 Å². The average molecular weight is 301 g/mol. The number of benzene rings is 1. The lowest BCUT2D eigenvalue weighted by Gasteiger charge is -2.08. The maximum Gasteiger partial charge on any atom is 0.419 e. The number of hydrogen-bond acceptors (Lipinski definition) is 2. The molecule has 112 valence electrons. The fraction of sp³-hybridized carbons (Fsp3) is 0.214. The second-order valence-electron chi connectivity index (χ2n) is 4.42. The van der Waals surface area contributed by atoms with Crippen LogP contribution in [0.25, 0.3) is 11.3 Å². The molecule has 0 saturated heterocycles. The van der Waals surface area contributed by atoms with Crippen LogP contribution >= 0.6 is 0 Å². The van der Waals surface area contributed by atoms with Crippen molar-refractivity contribution in [2.24, 2.45) is 0 Å². The molecule has 0 atom stereocenters. The van der Waals surface area contributed by atoms with Gasteiger partial charge in [-0.2, -0.15) is 13.2 Å². The number of rotatable bonds is 2. The third-order valence-corrected chi connectivity index (χ3v) is 2.99. The van der Waals surface area contributed by atoms with Crippen LogP contribution in [0.3, 0.4) is 0 Å². The Labute approximate surface area is 117 Å². The van der Waals surface area contributed by atoms with Gasteiger partial charge in [0, 0.05) is 11.3 Å². The number of esters is 1. The number of carbonyl (C=O) groups excluding carboxylic acids is 1. The first-order valence-corrected chi connectivity index (χ1v) is 5.89. The molecule has 2 rings (SSSR count). The van der Waals surface area contributed by atoms with Gasteiger partial charge in [-0.1, -0.05) is 6.07 Å². The van der Waals surface area contributed by atoms with Gasteiger partial charge in [0.25, 0.3) is 0 Å². The molecule has 3 nitrogen and oxygen atoms in total. The first-order valence-electron chi connectivity index (χ1n) is 5.89. The Morgan fingerprint density at radius 1 is 1.24 bits per heavy atom. The first-order chi connectivity index (χ1) is 9.74. The van der Waals surface area contributed by atoms with Crippen LogP contribution in [-0.4, -0.2) is 18.1 Å². The zero-order valence-electron chi connectivity index (χ0n) is 11.1. The summed E-state index contributed by atoms with van der Waals surface area (Å²) in [5, 5.41) is 0. The van der Waals surface area contributed by atoms with E-state index in [1.807, 2.05) is 0 Å². The fourth-order valence-electron chi connectivity index (χ4n) is 1.94. The van der Waals surface area contributed by atoms with Gasteiger partial charge in [-0.25, -0.2) is 9.18 Å². The molecule has 0 unspecified atom stereocenters. The van der Waals surface area contributed by atoms with Crippen LogP contribution in [0.5, 0.6) is 0 Å². The van der Waals surface area contributed by atoms with E-state index >= 15 is 0 Å². The summed E-state index contributed by atoms with van der Waals surface area (Å²) in [4.78, 5) is 14.2. The molecule has 0 bridgehead atoms. The van der Waals surface area contributed by atoms with Crippen molar-refractivity contribution in [1.29, 1.82) is 0 Å². The Morgan fingerprint density at radius 3 is 2.43 bits per heavy atom. The van der Waals surface area contributed by atoms with Gasteiger partial charge < -0.3 is 9.72 Å². The summed E-state index contributed by atoms with van der Waals surface area (Å²) in [5.41, 5.74) is -0.0630. The summed E-state index contributed by atoms with van der Waals surface area (Å²) in [6.07, 6.45) is -4.74. The largest absolute Gasteiger partial charge is 0.464 e. The number of aryl methyl sites for hydroxylation is 1. The van der Waals surface area contributed by atoms with E-state index < -0.39 is 23.5 Å². The van der Waals surface area contributed by atoms with E-state index in [0.29, 0.717) is 17.3 Å². The number of aromatic amines is 1. The van der Waals surface area contributed by atoms with Crippen LogP contribution in [0.4, 0.5) is 17.6 Å². The molecule has 1 aromatic heterocycles. The number of hydrogen-bond donors (Lipinski definition) is 1. The summed E-state index contributed by atoms with van der Waals surface area (Å²) in [6, 6.07) is 4.11. The van der Waals surface area contributed by atoms with Crippen LogP contribution < -0.4 is 0 Å². The van der Waals surface area contributed by atoms with Crippen molar-refractivity contribution in [3.63, 3.8) is 0 Å². The minimum Gasteiger partial charge on any atom is -0.464 e. The summed E-state index contributed by atoms with van der Waals surface area (Å²) >= 11 is 0. The standard InChI is InChI=1S/C14H11F4NO2/c1-7-5-11(19-12(7)13(20)21-2)8-3-4-9(10(15)6-8)14(16,17)18/h3-6,19H,1-2H3. The minimum absolute atomic E-state index is 0.174. The van der Waals surface area contributed by atoms with Crippen molar-refractivity contribution in [1.82, 2.24) is 4.98 Å². The minimum atomic E-state index is -4.74. The highest BCUT2D eigenvalue weighted by atomic mass is 19.4. The Kier molecular flexibility index (Phi) is 3.76. The number of H-pyrrole nitrogens is 1. The van der Waals surface area contributed by atoms with E-state index in [1.54, 1.807) is 6.92 Å². The van der Waals surface area contributed by atoms with Crippen LogP contribution in [0, 0.1) is 12.7 Å². The van der Waals surface area contributed by atoms with Crippen LogP contribution in [-0.2, 0) is 10.9 Å². The number of halogens is 4. The molecule has 0 aliphatic heterocycles. The summed E-state index contributed by atoms with van der Waals surface area (Å²) in [7, 11) is 1.21. The number of carbonyl (C=O) groups is 1. The maximum absolute atomic E-state index is 13.5. The van der Waals surface area contributed by atoms with Crippen molar-refractivity contribution in [3.8, 4) is 11.3 Å². The zero-order chi connectivity index (χ0) is 15.8. The van der Waals surface area contributed by atoms with Gasteiger partial charge in [0.2, 0.25) is 0 Å². The lowest BCUT2D eigenvalue weighted by Crippen LogP contribution is -2.07. The highest BCUT2D eigenvalue weighted by Crippen LogP contribution is 2.33. The smallest absolute Gasteiger partial charge is 0.419 e. The number of alkyl halides is 3. The molecule has 0 saturated carbocycles. The number of ether oxygens (including phenoxy) is 1. The highest BCUT2D eigenvalue weighted by molar-refractivity contribution is 5.90. The molecule has 0 aliphatic rings. The number of aromatic nitrogens is 1. The van der Waals surface area contributed by atoms with E-state index in [4.69, 9.17) is 0 Å². The highest BCUT2D eigenvalue weighted by Gasteiger charge is 2.34. The molecule has 21 heavy (non-hydrogen) atoms. The van der Waals surface area contributed by atoms with Gasteiger partial charge >= 0.3 is 12.1 Å². The third kappa shape index (κ3) is 2.91. The van der Waals surface area contributed by atoms with E-state index in [2.05, 4.69) is 9.72 Å². The number of nitrogens with one attached hydrogen (secondary N) is 1. The van der Waals surface area contributed by atoms with Crippen molar-refractivity contribution in [2.45, 2.75) is 13.1 Å². The molecular weight excluding hydrogens is 290 g/mol. The van der Waals surface area contributed by atoms with Crippen molar-refractivity contribution in [2.75, 3.05) is 7.11 Å². The Morgan fingerprint density at radius 2 is 1.90 bits per heavy atom. The summed E-state index contributed by atoms with van der Waals surface area (Å²) in [6.45, 7) is 1.63. The van der Waals surface area contributed by atoms with Gasteiger partial charge in [-0.3, -0.25) is 0 Å². The molecular formula is C14H11F4NO2. The Hall–Kier alpha value is -2.31. The predicted octanol–water partition coefficient (Wildman–Crippen LogP) is 3.93. The summed E-state index contributed by atoms with van der Waals surface area (Å²) < 4.78 is 55.6. The molecule has 1 heterocycles. The topological polar surface area (TPSA) is 42.1 Å². The number of methoxy groups -OCH3 is 1. The molecule has 7 heteroatoms. The molecule has 0 spiro atoms. The lowest BCUT2D eigenvalue weighted by molar-refractivity contribution is -0.139. The molecule has 0 aliphatic carbocycles. The maximum atomic E-state index is 13.5. The first kappa shape index (κ1) is 15.1. The van der Waals surface area contributed by atoms with E-state index in [9.17, 15) is 22.4 Å². The lowest BCUT2D eigenvalue weighted by atomic mass is 10.1. The second kappa shape index (κ2) is 5.23. The van der Waals surface area contributed by atoms with E-state index in [0.717, 1.165) is 12.1 Å². The molecule has 2 aromatic rings. The van der Waals surface area contributed by atoms with Crippen molar-refractivity contribution in [3.05, 3.63) is 46.9 Å². The van der Waals surface area contributed by atoms with Gasteiger partial charge in [0.05, 0.1) is 12.7 Å². The van der Waals surface area contributed by atoms with Gasteiger partial charge in [-0.15, -0.1) is 0 Å². The normalized spacial score (nSPS) is 11.5. The molecule has 0 amide bonds. The van der Waals surface area contributed by atoms with Crippen LogP contribution in [0.15, 0.2) is 24.3 Å². The van der Waals surface area contributed by atoms with Gasteiger partial charge in [-0.05, 0) is 30.7 Å². The quantitative estimate of drug-likeness (QED) is 0.674. The summed E-state index contributed by atoms with van der Waals surface area (Å²) in [5.74, 6) is -1.97. The molecule has 1 N–H and O–H groups in total. The predicted molar refractivity (Wildman–Crippen MR) is 67.3 cm³/mol. The molecule has 1 aromatic carbocycles. The van der Waals surface area contributed by atoms with E-state index in [-0.39, 0.29) is 11.3 Å². The molecule has 0 radical (unpaired) electrons. The van der Waals surface area contributed by atoms with Crippen molar-refractivity contribution < 1.29 is 27.1 Å². The molecule has 0 fully saturated rings. The SMILES string of the molecule is COC(=O)c1[nH]c(-c2ccc(C(F)(F)F)c(F)c2)cc1C. The monoisotopic (exact) mass is 301 g/mol.